The fourth-order valence-corrected chi connectivity index (χ4v) is 3.58. The Bertz CT molecular complexity index is 841. The summed E-state index contributed by atoms with van der Waals surface area (Å²) in [6.45, 7) is 3.68. The van der Waals surface area contributed by atoms with Crippen LogP contribution in [-0.4, -0.2) is 27.0 Å². The van der Waals surface area contributed by atoms with E-state index in [-0.39, 0.29) is 9.92 Å². The molecule has 2 rings (SSSR count). The molecule has 0 heterocycles. The fraction of sp³-hybridized carbons (Fsp3) is 0.235. The normalized spacial score (nSPS) is 12.4. The van der Waals surface area contributed by atoms with Gasteiger partial charge in [0.2, 0.25) is 15.9 Å². The molecule has 0 radical (unpaired) electrons. The van der Waals surface area contributed by atoms with Crippen LogP contribution in [0.15, 0.2) is 53.4 Å². The molecule has 25 heavy (non-hydrogen) atoms. The maximum atomic E-state index is 12.4. The molecule has 2 N–H and O–H groups in total. The molecule has 0 unspecified atom stereocenters. The highest BCUT2D eigenvalue weighted by atomic mass is 35.5. The Balaban J connectivity index is 2.09. The zero-order valence-corrected chi connectivity index (χ0v) is 15.4. The Morgan fingerprint density at radius 1 is 1.20 bits per heavy atom. The van der Waals surface area contributed by atoms with Gasteiger partial charge < -0.3 is 10.1 Å². The maximum absolute atomic E-state index is 12.4. The van der Waals surface area contributed by atoms with Crippen LogP contribution in [0, 0.1) is 0 Å². The fourth-order valence-electron chi connectivity index (χ4n) is 2.05. The lowest BCUT2D eigenvalue weighted by Gasteiger charge is -2.15. The SMILES string of the molecule is CCOc1ccc(S(=O)(=O)N[C@@H](C)C(=O)Nc2ccccc2)cc1Cl. The standard InChI is InChI=1S/C17H19ClN2O4S/c1-3-24-16-10-9-14(11-15(16)18)25(22,23)20-12(2)17(21)19-13-7-5-4-6-8-13/h4-12,20H,3H2,1-2H3,(H,19,21)/t12-/m0/s1. The first-order valence-corrected chi connectivity index (χ1v) is 9.50. The summed E-state index contributed by atoms with van der Waals surface area (Å²) in [5.41, 5.74) is 0.586. The minimum atomic E-state index is -3.90. The Morgan fingerprint density at radius 2 is 1.88 bits per heavy atom. The van der Waals surface area contributed by atoms with E-state index in [9.17, 15) is 13.2 Å². The first-order chi connectivity index (χ1) is 11.8. The lowest BCUT2D eigenvalue weighted by atomic mass is 10.3. The summed E-state index contributed by atoms with van der Waals surface area (Å²) in [6.07, 6.45) is 0. The Kier molecular flexibility index (Phi) is 6.41. The summed E-state index contributed by atoms with van der Waals surface area (Å²) in [5.74, 6) is -0.0650. The zero-order valence-electron chi connectivity index (χ0n) is 13.8. The van der Waals surface area contributed by atoms with Gasteiger partial charge in [-0.15, -0.1) is 0 Å². The molecule has 1 atom stereocenters. The van der Waals surface area contributed by atoms with Gasteiger partial charge in [-0.2, -0.15) is 4.72 Å². The van der Waals surface area contributed by atoms with Crippen LogP contribution in [0.25, 0.3) is 0 Å². The molecule has 0 spiro atoms. The number of anilines is 1. The van der Waals surface area contributed by atoms with Crippen molar-refractivity contribution in [1.29, 1.82) is 0 Å². The van der Waals surface area contributed by atoms with Gasteiger partial charge in [0, 0.05) is 5.69 Å². The quantitative estimate of drug-likeness (QED) is 0.770. The predicted molar refractivity (Wildman–Crippen MR) is 97.5 cm³/mol. The lowest BCUT2D eigenvalue weighted by Crippen LogP contribution is -2.41. The third-order valence-corrected chi connectivity index (χ3v) is 5.11. The van der Waals surface area contributed by atoms with Gasteiger partial charge in [0.05, 0.1) is 22.6 Å². The molecule has 0 bridgehead atoms. The van der Waals surface area contributed by atoms with Crippen molar-refractivity contribution in [3.8, 4) is 5.75 Å². The van der Waals surface area contributed by atoms with E-state index in [1.54, 1.807) is 31.2 Å². The monoisotopic (exact) mass is 382 g/mol. The molecule has 0 aliphatic rings. The van der Waals surface area contributed by atoms with Crippen LogP contribution in [0.3, 0.4) is 0 Å². The van der Waals surface area contributed by atoms with Crippen LogP contribution in [-0.2, 0) is 14.8 Å². The summed E-state index contributed by atoms with van der Waals surface area (Å²) in [4.78, 5) is 12.1. The Labute approximate surface area is 152 Å². The minimum absolute atomic E-state index is 0.0414. The summed E-state index contributed by atoms with van der Waals surface area (Å²) >= 11 is 6.02. The molecule has 0 aromatic heterocycles. The van der Waals surface area contributed by atoms with Crippen molar-refractivity contribution in [3.63, 3.8) is 0 Å². The Morgan fingerprint density at radius 3 is 2.48 bits per heavy atom. The number of halogens is 1. The van der Waals surface area contributed by atoms with Crippen LogP contribution in [0.1, 0.15) is 13.8 Å². The zero-order chi connectivity index (χ0) is 18.4. The van der Waals surface area contributed by atoms with Crippen molar-refractivity contribution in [2.75, 3.05) is 11.9 Å². The van der Waals surface area contributed by atoms with Crippen molar-refractivity contribution < 1.29 is 17.9 Å². The number of sulfonamides is 1. The number of carbonyl (C=O) groups is 1. The number of nitrogens with one attached hydrogen (secondary N) is 2. The van der Waals surface area contributed by atoms with Gasteiger partial charge in [-0.3, -0.25) is 4.79 Å². The number of hydrogen-bond donors (Lipinski definition) is 2. The van der Waals surface area contributed by atoms with Gasteiger partial charge in [-0.25, -0.2) is 8.42 Å². The number of amides is 1. The predicted octanol–water partition coefficient (Wildman–Crippen LogP) is 3.04. The summed E-state index contributed by atoms with van der Waals surface area (Å²) in [6, 6.07) is 12.0. The van der Waals surface area contributed by atoms with Crippen LogP contribution >= 0.6 is 11.6 Å². The van der Waals surface area contributed by atoms with E-state index < -0.39 is 22.0 Å². The second-order valence-corrected chi connectivity index (χ2v) is 7.34. The molecular weight excluding hydrogens is 364 g/mol. The second kappa shape index (κ2) is 8.33. The van der Waals surface area contributed by atoms with Gasteiger partial charge in [-0.05, 0) is 44.2 Å². The second-order valence-electron chi connectivity index (χ2n) is 5.22. The molecule has 1 amide bonds. The molecule has 2 aromatic rings. The molecule has 134 valence electrons. The molecule has 8 heteroatoms. The highest BCUT2D eigenvalue weighted by Crippen LogP contribution is 2.27. The highest BCUT2D eigenvalue weighted by molar-refractivity contribution is 7.89. The summed E-state index contributed by atoms with van der Waals surface area (Å²) < 4.78 is 32.5. The number of carbonyl (C=O) groups excluding carboxylic acids is 1. The molecule has 0 saturated heterocycles. The van der Waals surface area contributed by atoms with E-state index in [4.69, 9.17) is 16.3 Å². The van der Waals surface area contributed by atoms with E-state index in [2.05, 4.69) is 10.0 Å². The van der Waals surface area contributed by atoms with E-state index >= 15 is 0 Å². The average Bonchev–Trinajstić information content (AvgIpc) is 2.57. The highest BCUT2D eigenvalue weighted by Gasteiger charge is 2.23. The lowest BCUT2D eigenvalue weighted by molar-refractivity contribution is -0.117. The molecule has 2 aromatic carbocycles. The van der Waals surface area contributed by atoms with Gasteiger partial charge in [0.25, 0.3) is 0 Å². The van der Waals surface area contributed by atoms with Gasteiger partial charge in [0.15, 0.2) is 0 Å². The van der Waals surface area contributed by atoms with E-state index in [0.29, 0.717) is 18.0 Å². The minimum Gasteiger partial charge on any atom is -0.492 e. The average molecular weight is 383 g/mol. The number of hydrogen-bond acceptors (Lipinski definition) is 4. The van der Waals surface area contributed by atoms with Crippen LogP contribution in [0.2, 0.25) is 5.02 Å². The van der Waals surface area contributed by atoms with Crippen molar-refractivity contribution in [2.24, 2.45) is 0 Å². The van der Waals surface area contributed by atoms with Crippen molar-refractivity contribution in [1.82, 2.24) is 4.72 Å². The number of benzene rings is 2. The van der Waals surface area contributed by atoms with E-state index in [1.165, 1.54) is 25.1 Å². The molecule has 0 aliphatic heterocycles. The Hall–Kier alpha value is -2.09. The molecular formula is C17H19ClN2O4S. The van der Waals surface area contributed by atoms with Crippen molar-refractivity contribution in [3.05, 3.63) is 53.6 Å². The molecule has 0 aliphatic carbocycles. The van der Waals surface area contributed by atoms with Crippen LogP contribution in [0.5, 0.6) is 5.75 Å². The van der Waals surface area contributed by atoms with Crippen LogP contribution in [0.4, 0.5) is 5.69 Å². The molecule has 6 nitrogen and oxygen atoms in total. The molecule has 0 fully saturated rings. The molecule has 0 saturated carbocycles. The third kappa shape index (κ3) is 5.19. The number of rotatable bonds is 7. The maximum Gasteiger partial charge on any atom is 0.242 e. The summed E-state index contributed by atoms with van der Waals surface area (Å²) in [7, 11) is -3.90. The van der Waals surface area contributed by atoms with Gasteiger partial charge >= 0.3 is 0 Å². The van der Waals surface area contributed by atoms with E-state index in [1.807, 2.05) is 6.07 Å². The summed E-state index contributed by atoms with van der Waals surface area (Å²) in [5, 5.41) is 2.83. The van der Waals surface area contributed by atoms with Crippen molar-refractivity contribution >= 4 is 33.2 Å². The first kappa shape index (κ1) is 19.2. The van der Waals surface area contributed by atoms with Gasteiger partial charge in [-0.1, -0.05) is 29.8 Å². The topological polar surface area (TPSA) is 84.5 Å². The van der Waals surface area contributed by atoms with Gasteiger partial charge in [0.1, 0.15) is 5.75 Å². The third-order valence-electron chi connectivity index (χ3n) is 3.28. The first-order valence-electron chi connectivity index (χ1n) is 7.64. The smallest absolute Gasteiger partial charge is 0.242 e. The van der Waals surface area contributed by atoms with E-state index in [0.717, 1.165) is 0 Å². The van der Waals surface area contributed by atoms with Crippen LogP contribution < -0.4 is 14.8 Å². The number of para-hydroxylation sites is 1. The largest absolute Gasteiger partial charge is 0.492 e. The number of ether oxygens (including phenoxy) is 1. The van der Waals surface area contributed by atoms with Crippen molar-refractivity contribution in [2.45, 2.75) is 24.8 Å².